The third-order valence-electron chi connectivity index (χ3n) is 3.35. The number of aryl methyl sites for hydroxylation is 1. The maximum Gasteiger partial charge on any atom is 0.340 e. The Morgan fingerprint density at radius 2 is 2.04 bits per heavy atom. The monoisotopic (exact) mass is 308 g/mol. The van der Waals surface area contributed by atoms with E-state index in [1.165, 1.54) is 12.5 Å². The highest BCUT2D eigenvalue weighted by Gasteiger charge is 2.19. The summed E-state index contributed by atoms with van der Waals surface area (Å²) in [5.41, 5.74) is 2.24. The zero-order valence-electron chi connectivity index (χ0n) is 12.7. The van der Waals surface area contributed by atoms with Crippen molar-refractivity contribution in [1.29, 1.82) is 0 Å². The fourth-order valence-corrected chi connectivity index (χ4v) is 2.24. The van der Waals surface area contributed by atoms with Crippen molar-refractivity contribution in [3.63, 3.8) is 0 Å². The minimum atomic E-state index is -0.453. The van der Waals surface area contributed by atoms with Crippen LogP contribution in [0.2, 0.25) is 0 Å². The topological polar surface area (TPSA) is 69.9 Å². The molecule has 2 heterocycles. The molecule has 0 unspecified atom stereocenters. The smallest absolute Gasteiger partial charge is 0.340 e. The number of benzene rings is 1. The predicted octanol–water partition coefficient (Wildman–Crippen LogP) is 2.58. The van der Waals surface area contributed by atoms with Crippen molar-refractivity contribution in [2.24, 2.45) is 0 Å². The molecule has 0 amide bonds. The first kappa shape index (κ1) is 14.9. The second kappa shape index (κ2) is 6.83. The van der Waals surface area contributed by atoms with Crippen LogP contribution in [0.25, 0.3) is 0 Å². The second-order valence-electron chi connectivity index (χ2n) is 5.17. The average molecular weight is 308 g/mol. The largest absolute Gasteiger partial charge is 0.452 e. The molecule has 116 valence electrons. The number of nitrogens with zero attached hydrogens (tertiary/aromatic N) is 4. The molecule has 1 atom stereocenters. The Morgan fingerprint density at radius 1 is 1.22 bits per heavy atom. The average Bonchev–Trinajstić information content (AvgIpc) is 3.08. The third-order valence-corrected chi connectivity index (χ3v) is 3.35. The van der Waals surface area contributed by atoms with Crippen molar-refractivity contribution in [2.45, 2.75) is 19.6 Å². The predicted molar refractivity (Wildman–Crippen MR) is 83.6 cm³/mol. The summed E-state index contributed by atoms with van der Waals surface area (Å²) in [6.07, 6.45) is 5.80. The van der Waals surface area contributed by atoms with E-state index in [1.54, 1.807) is 23.3 Å². The van der Waals surface area contributed by atoms with Crippen molar-refractivity contribution in [2.75, 3.05) is 0 Å². The summed E-state index contributed by atoms with van der Waals surface area (Å²) in [5, 5.41) is 4.08. The zero-order chi connectivity index (χ0) is 16.1. The minimum Gasteiger partial charge on any atom is -0.452 e. The van der Waals surface area contributed by atoms with E-state index in [0.29, 0.717) is 12.1 Å². The van der Waals surface area contributed by atoms with Crippen molar-refractivity contribution in [3.8, 4) is 0 Å². The maximum absolute atomic E-state index is 12.4. The van der Waals surface area contributed by atoms with Crippen LogP contribution in [0.4, 0.5) is 0 Å². The summed E-state index contributed by atoms with van der Waals surface area (Å²) in [6, 6.07) is 11.3. The standard InChI is InChI=1S/C17H16N4O2/c1-13-7-15(9-18-8-13)17(22)23-16(10-21-12-19-11-20-21)14-5-3-2-4-6-14/h2-9,11-12,16H,10H2,1H3/t16-/m1/s1. The van der Waals surface area contributed by atoms with Crippen LogP contribution < -0.4 is 0 Å². The van der Waals surface area contributed by atoms with Gasteiger partial charge < -0.3 is 4.74 Å². The van der Waals surface area contributed by atoms with Gasteiger partial charge in [0.1, 0.15) is 18.8 Å². The molecule has 2 aromatic heterocycles. The van der Waals surface area contributed by atoms with E-state index in [2.05, 4.69) is 15.1 Å². The van der Waals surface area contributed by atoms with Crippen LogP contribution in [-0.2, 0) is 11.3 Å². The molecule has 0 saturated heterocycles. The van der Waals surface area contributed by atoms with Gasteiger partial charge >= 0.3 is 5.97 Å². The fraction of sp³-hybridized carbons (Fsp3) is 0.176. The molecule has 0 bridgehead atoms. The van der Waals surface area contributed by atoms with E-state index in [9.17, 15) is 4.79 Å². The normalized spacial score (nSPS) is 11.9. The van der Waals surface area contributed by atoms with Crippen LogP contribution in [-0.4, -0.2) is 25.7 Å². The number of hydrogen-bond donors (Lipinski definition) is 0. The third kappa shape index (κ3) is 3.79. The number of carbonyl (C=O) groups excluding carboxylic acids is 1. The lowest BCUT2D eigenvalue weighted by atomic mass is 10.1. The molecule has 0 saturated carbocycles. The summed E-state index contributed by atoms with van der Waals surface area (Å²) >= 11 is 0. The quantitative estimate of drug-likeness (QED) is 0.678. The van der Waals surface area contributed by atoms with Gasteiger partial charge in [-0.3, -0.25) is 4.98 Å². The number of pyridine rings is 1. The zero-order valence-corrected chi connectivity index (χ0v) is 12.7. The van der Waals surface area contributed by atoms with Crippen molar-refractivity contribution < 1.29 is 9.53 Å². The summed E-state index contributed by atoms with van der Waals surface area (Å²) in [7, 11) is 0. The van der Waals surface area contributed by atoms with Gasteiger partial charge in [-0.2, -0.15) is 5.10 Å². The van der Waals surface area contributed by atoms with E-state index < -0.39 is 12.1 Å². The highest BCUT2D eigenvalue weighted by Crippen LogP contribution is 2.21. The van der Waals surface area contributed by atoms with Gasteiger partial charge in [0.05, 0.1) is 12.1 Å². The molecule has 23 heavy (non-hydrogen) atoms. The Kier molecular flexibility index (Phi) is 4.42. The molecule has 0 aliphatic rings. The summed E-state index contributed by atoms with van der Waals surface area (Å²) < 4.78 is 7.32. The van der Waals surface area contributed by atoms with E-state index in [1.807, 2.05) is 37.3 Å². The van der Waals surface area contributed by atoms with Crippen molar-refractivity contribution >= 4 is 5.97 Å². The number of ether oxygens (including phenoxy) is 1. The van der Waals surface area contributed by atoms with Crippen LogP contribution in [0.15, 0.2) is 61.4 Å². The summed E-state index contributed by atoms with van der Waals surface area (Å²) in [6.45, 7) is 2.28. The molecule has 0 radical (unpaired) electrons. The molecular weight excluding hydrogens is 292 g/mol. The summed E-state index contributed by atoms with van der Waals surface area (Å²) in [4.78, 5) is 20.4. The molecule has 0 N–H and O–H groups in total. The van der Waals surface area contributed by atoms with E-state index in [-0.39, 0.29) is 0 Å². The molecule has 0 aliphatic carbocycles. The lowest BCUT2D eigenvalue weighted by Crippen LogP contribution is -2.17. The minimum absolute atomic E-state index is 0.398. The molecular formula is C17H16N4O2. The first-order valence-corrected chi connectivity index (χ1v) is 7.22. The summed E-state index contributed by atoms with van der Waals surface area (Å²) in [5.74, 6) is -0.407. The molecule has 3 aromatic rings. The van der Waals surface area contributed by atoms with E-state index >= 15 is 0 Å². The van der Waals surface area contributed by atoms with Gasteiger partial charge in [0.25, 0.3) is 0 Å². The van der Waals surface area contributed by atoms with Crippen LogP contribution in [0.3, 0.4) is 0 Å². The lowest BCUT2D eigenvalue weighted by molar-refractivity contribution is 0.0246. The van der Waals surface area contributed by atoms with Crippen LogP contribution in [0, 0.1) is 6.92 Å². The molecule has 6 nitrogen and oxygen atoms in total. The number of esters is 1. The van der Waals surface area contributed by atoms with Crippen molar-refractivity contribution in [1.82, 2.24) is 19.7 Å². The van der Waals surface area contributed by atoms with Crippen LogP contribution in [0.1, 0.15) is 27.6 Å². The fourth-order valence-electron chi connectivity index (χ4n) is 2.24. The highest BCUT2D eigenvalue weighted by molar-refractivity contribution is 5.89. The SMILES string of the molecule is Cc1cncc(C(=O)O[C@H](Cn2cncn2)c2ccccc2)c1. The molecule has 0 aliphatic heterocycles. The molecule has 6 heteroatoms. The maximum atomic E-state index is 12.4. The second-order valence-corrected chi connectivity index (χ2v) is 5.17. The van der Waals surface area contributed by atoms with Gasteiger partial charge in [0, 0.05) is 12.4 Å². The Balaban J connectivity index is 1.82. The van der Waals surface area contributed by atoms with Gasteiger partial charge in [-0.25, -0.2) is 14.5 Å². The van der Waals surface area contributed by atoms with E-state index in [4.69, 9.17) is 4.74 Å². The number of aromatic nitrogens is 4. The lowest BCUT2D eigenvalue weighted by Gasteiger charge is -2.18. The van der Waals surface area contributed by atoms with Gasteiger partial charge in [-0.15, -0.1) is 0 Å². The number of carbonyl (C=O) groups is 1. The van der Waals surface area contributed by atoms with Crippen LogP contribution >= 0.6 is 0 Å². The first-order chi connectivity index (χ1) is 11.2. The number of hydrogen-bond acceptors (Lipinski definition) is 5. The molecule has 0 fully saturated rings. The Bertz CT molecular complexity index is 772. The van der Waals surface area contributed by atoms with Crippen molar-refractivity contribution in [3.05, 3.63) is 78.1 Å². The Labute approximate surface area is 133 Å². The molecule has 3 rings (SSSR count). The van der Waals surface area contributed by atoms with Gasteiger partial charge in [-0.05, 0) is 24.1 Å². The van der Waals surface area contributed by atoms with Crippen LogP contribution in [0.5, 0.6) is 0 Å². The van der Waals surface area contributed by atoms with Gasteiger partial charge in [0.15, 0.2) is 0 Å². The Hall–Kier alpha value is -3.02. The number of rotatable bonds is 5. The highest BCUT2D eigenvalue weighted by atomic mass is 16.5. The van der Waals surface area contributed by atoms with E-state index in [0.717, 1.165) is 11.1 Å². The van der Waals surface area contributed by atoms with Gasteiger partial charge in [-0.1, -0.05) is 30.3 Å². The first-order valence-electron chi connectivity index (χ1n) is 7.22. The molecule has 0 spiro atoms. The molecule has 1 aromatic carbocycles. The van der Waals surface area contributed by atoms with Gasteiger partial charge in [0.2, 0.25) is 0 Å². The Morgan fingerprint density at radius 3 is 2.74 bits per heavy atom.